The maximum absolute atomic E-state index is 12.3. The lowest BCUT2D eigenvalue weighted by molar-refractivity contribution is -0.134. The summed E-state index contributed by atoms with van der Waals surface area (Å²) in [6, 6.07) is 14.0. The summed E-state index contributed by atoms with van der Waals surface area (Å²) in [5.74, 6) is -0.320. The SMILES string of the molecule is CCCC1(Oc2cccc(OS(=O)(=O)CCCC(F)(F)F)c2)NCc2ccccc21. The van der Waals surface area contributed by atoms with Crippen molar-refractivity contribution in [3.63, 3.8) is 0 Å². The topological polar surface area (TPSA) is 64.6 Å². The average Bonchev–Trinajstić information content (AvgIpc) is 2.99. The van der Waals surface area contributed by atoms with Gasteiger partial charge in [-0.1, -0.05) is 43.7 Å². The lowest BCUT2D eigenvalue weighted by atomic mass is 9.97. The van der Waals surface area contributed by atoms with Crippen LogP contribution in [-0.4, -0.2) is 20.3 Å². The third kappa shape index (κ3) is 5.66. The Hall–Kier alpha value is -2.26. The number of hydrogen-bond acceptors (Lipinski definition) is 5. The monoisotopic (exact) mass is 443 g/mol. The van der Waals surface area contributed by atoms with Crippen molar-refractivity contribution in [3.8, 4) is 11.5 Å². The van der Waals surface area contributed by atoms with Crippen LogP contribution in [0, 0.1) is 0 Å². The molecule has 1 heterocycles. The molecule has 1 unspecified atom stereocenters. The summed E-state index contributed by atoms with van der Waals surface area (Å²) in [7, 11) is -4.15. The summed E-state index contributed by atoms with van der Waals surface area (Å²) in [5, 5.41) is 3.41. The molecule has 2 aromatic carbocycles. The number of ether oxygens (including phenoxy) is 1. The first-order valence-corrected chi connectivity index (χ1v) is 11.3. The van der Waals surface area contributed by atoms with Crippen molar-refractivity contribution in [2.45, 2.75) is 51.1 Å². The number of halogens is 3. The number of rotatable bonds is 9. The predicted octanol–water partition coefficient (Wildman–Crippen LogP) is 4.87. The largest absolute Gasteiger partial charge is 0.468 e. The van der Waals surface area contributed by atoms with Crippen LogP contribution in [0.1, 0.15) is 43.7 Å². The van der Waals surface area contributed by atoms with Crippen LogP contribution in [0.2, 0.25) is 0 Å². The molecule has 1 aliphatic rings. The third-order valence-electron chi connectivity index (χ3n) is 4.79. The first-order valence-electron chi connectivity index (χ1n) is 9.74. The first kappa shape index (κ1) is 22.4. The van der Waals surface area contributed by atoms with Crippen molar-refractivity contribution in [1.29, 1.82) is 0 Å². The van der Waals surface area contributed by atoms with Crippen LogP contribution in [0.5, 0.6) is 11.5 Å². The van der Waals surface area contributed by atoms with E-state index >= 15 is 0 Å². The van der Waals surface area contributed by atoms with Crippen molar-refractivity contribution >= 4 is 10.1 Å². The quantitative estimate of drug-likeness (QED) is 0.560. The Balaban J connectivity index is 1.74. The van der Waals surface area contributed by atoms with E-state index in [1.807, 2.05) is 31.2 Å². The van der Waals surface area contributed by atoms with Gasteiger partial charge in [-0.2, -0.15) is 21.6 Å². The molecule has 3 rings (SSSR count). The Labute approximate surface area is 174 Å². The molecular weight excluding hydrogens is 419 g/mol. The van der Waals surface area contributed by atoms with Gasteiger partial charge in [0.15, 0.2) is 5.72 Å². The number of hydrogen-bond donors (Lipinski definition) is 1. The second-order valence-electron chi connectivity index (χ2n) is 7.23. The van der Waals surface area contributed by atoms with Gasteiger partial charge in [0.05, 0.1) is 5.75 Å². The van der Waals surface area contributed by atoms with Crippen LogP contribution in [0.15, 0.2) is 48.5 Å². The van der Waals surface area contributed by atoms with E-state index in [2.05, 4.69) is 5.32 Å². The summed E-state index contributed by atoms with van der Waals surface area (Å²) in [4.78, 5) is 0. The zero-order chi connectivity index (χ0) is 21.8. The summed E-state index contributed by atoms with van der Waals surface area (Å²) >= 11 is 0. The molecule has 0 saturated heterocycles. The minimum Gasteiger partial charge on any atom is -0.468 e. The Morgan fingerprint density at radius 3 is 2.57 bits per heavy atom. The molecule has 9 heteroatoms. The lowest BCUT2D eigenvalue weighted by Crippen LogP contribution is -2.42. The van der Waals surface area contributed by atoms with Gasteiger partial charge in [0.2, 0.25) is 0 Å². The van der Waals surface area contributed by atoms with Crippen LogP contribution in [0.4, 0.5) is 13.2 Å². The highest BCUT2D eigenvalue weighted by Gasteiger charge is 2.39. The van der Waals surface area contributed by atoms with E-state index in [0.29, 0.717) is 18.7 Å². The maximum atomic E-state index is 12.3. The van der Waals surface area contributed by atoms with Crippen LogP contribution < -0.4 is 14.2 Å². The van der Waals surface area contributed by atoms with E-state index in [0.717, 1.165) is 17.5 Å². The molecule has 30 heavy (non-hydrogen) atoms. The van der Waals surface area contributed by atoms with Gasteiger partial charge in [0, 0.05) is 31.0 Å². The first-order chi connectivity index (χ1) is 14.1. The van der Waals surface area contributed by atoms with Crippen molar-refractivity contribution in [3.05, 3.63) is 59.7 Å². The van der Waals surface area contributed by atoms with E-state index in [9.17, 15) is 21.6 Å². The number of alkyl halides is 3. The third-order valence-corrected chi connectivity index (χ3v) is 6.03. The molecule has 0 radical (unpaired) electrons. The van der Waals surface area contributed by atoms with Crippen molar-refractivity contribution in [1.82, 2.24) is 5.32 Å². The molecule has 1 N–H and O–H groups in total. The van der Waals surface area contributed by atoms with Crippen LogP contribution >= 0.6 is 0 Å². The fraction of sp³-hybridized carbons (Fsp3) is 0.429. The van der Waals surface area contributed by atoms with Crippen molar-refractivity contribution in [2.24, 2.45) is 0 Å². The maximum Gasteiger partial charge on any atom is 0.389 e. The van der Waals surface area contributed by atoms with E-state index < -0.39 is 40.6 Å². The van der Waals surface area contributed by atoms with Gasteiger partial charge in [-0.25, -0.2) is 0 Å². The van der Waals surface area contributed by atoms with Gasteiger partial charge in [-0.05, 0) is 24.1 Å². The van der Waals surface area contributed by atoms with Crippen molar-refractivity contribution < 1.29 is 30.5 Å². The number of nitrogens with one attached hydrogen (secondary N) is 1. The number of fused-ring (bicyclic) bond motifs is 1. The molecule has 0 fully saturated rings. The molecule has 0 aromatic heterocycles. The van der Waals surface area contributed by atoms with E-state index in [1.165, 1.54) is 12.1 Å². The zero-order valence-electron chi connectivity index (χ0n) is 16.5. The molecule has 0 bridgehead atoms. The molecule has 2 aromatic rings. The number of benzene rings is 2. The van der Waals surface area contributed by atoms with Crippen LogP contribution in [-0.2, 0) is 22.4 Å². The van der Waals surface area contributed by atoms with Gasteiger partial charge in [-0.15, -0.1) is 0 Å². The summed E-state index contributed by atoms with van der Waals surface area (Å²) in [6.45, 7) is 2.70. The normalized spacial score (nSPS) is 18.8. The molecule has 1 atom stereocenters. The highest BCUT2D eigenvalue weighted by Crippen LogP contribution is 2.38. The molecule has 0 saturated carbocycles. The van der Waals surface area contributed by atoms with Gasteiger partial charge >= 0.3 is 16.3 Å². The zero-order valence-corrected chi connectivity index (χ0v) is 17.4. The summed E-state index contributed by atoms with van der Waals surface area (Å²) in [5.41, 5.74) is 1.42. The minimum absolute atomic E-state index is 0.00237. The lowest BCUT2D eigenvalue weighted by Gasteiger charge is -2.31. The van der Waals surface area contributed by atoms with Gasteiger partial charge < -0.3 is 8.92 Å². The van der Waals surface area contributed by atoms with E-state index in [4.69, 9.17) is 8.92 Å². The van der Waals surface area contributed by atoms with Crippen molar-refractivity contribution in [2.75, 3.05) is 5.75 Å². The van der Waals surface area contributed by atoms with Gasteiger partial charge in [-0.3, -0.25) is 5.32 Å². The second kappa shape index (κ2) is 8.85. The molecule has 0 spiro atoms. The molecule has 0 amide bonds. The predicted molar refractivity (Wildman–Crippen MR) is 107 cm³/mol. The molecular formula is C21H24F3NO4S. The Bertz CT molecular complexity index is 974. The van der Waals surface area contributed by atoms with E-state index in [-0.39, 0.29) is 5.75 Å². The highest BCUT2D eigenvalue weighted by molar-refractivity contribution is 7.87. The fourth-order valence-electron chi connectivity index (χ4n) is 3.55. The second-order valence-corrected chi connectivity index (χ2v) is 8.92. The standard InChI is InChI=1S/C21H24F3NO4S/c1-2-11-20(19-10-4-3-7-16(19)15-25-20)28-17-8-5-9-18(14-17)29-30(26,27)13-6-12-21(22,23)24/h3-5,7-10,14,25H,2,6,11-13,15H2,1H3. The Morgan fingerprint density at radius 1 is 1.10 bits per heavy atom. The molecule has 1 aliphatic heterocycles. The molecule has 0 aliphatic carbocycles. The van der Waals surface area contributed by atoms with E-state index in [1.54, 1.807) is 12.1 Å². The van der Waals surface area contributed by atoms with Gasteiger partial charge in [0.25, 0.3) is 0 Å². The molecule has 5 nitrogen and oxygen atoms in total. The average molecular weight is 443 g/mol. The fourth-order valence-corrected chi connectivity index (χ4v) is 4.53. The molecule has 164 valence electrons. The summed E-state index contributed by atoms with van der Waals surface area (Å²) < 4.78 is 72.1. The van der Waals surface area contributed by atoms with Crippen LogP contribution in [0.3, 0.4) is 0 Å². The minimum atomic E-state index is -4.40. The van der Waals surface area contributed by atoms with Gasteiger partial charge in [0.1, 0.15) is 11.5 Å². The smallest absolute Gasteiger partial charge is 0.389 e. The Kier molecular flexibility index (Phi) is 6.62. The Morgan fingerprint density at radius 2 is 1.83 bits per heavy atom. The highest BCUT2D eigenvalue weighted by atomic mass is 32.2. The van der Waals surface area contributed by atoms with Crippen LogP contribution in [0.25, 0.3) is 0 Å². The summed E-state index contributed by atoms with van der Waals surface area (Å²) in [6.07, 6.45) is -4.58.